The zero-order valence-corrected chi connectivity index (χ0v) is 58.6. The van der Waals surface area contributed by atoms with Gasteiger partial charge in [0.05, 0.1) is 76.2 Å². The molecular formula is C70H92Cl2N20O5. The Bertz CT molecular complexity index is 3710. The lowest BCUT2D eigenvalue weighted by atomic mass is 10.2. The molecule has 0 saturated carbocycles. The number of carbonyl (C=O) groups excluding carboxylic acids is 3. The van der Waals surface area contributed by atoms with Crippen LogP contribution in [-0.2, 0) is 14.3 Å². The fourth-order valence-electron chi connectivity index (χ4n) is 7.55. The van der Waals surface area contributed by atoms with Crippen LogP contribution in [0.3, 0.4) is 0 Å². The van der Waals surface area contributed by atoms with Crippen molar-refractivity contribution < 1.29 is 24.6 Å². The molecule has 6 rings (SSSR count). The van der Waals surface area contributed by atoms with E-state index in [9.17, 15) is 14.4 Å². The number of nitrogens with two attached hydrogens (primary N) is 1. The number of anilines is 9. The Morgan fingerprint density at radius 1 is 0.546 bits per heavy atom. The fourth-order valence-corrected chi connectivity index (χ4v) is 7.55. The lowest BCUT2D eigenvalue weighted by molar-refractivity contribution is -0.125. The number of ether oxygens (including phenoxy) is 1. The maximum absolute atomic E-state index is 12.4. The number of nitrogens with one attached hydrogen (secondary N) is 9. The molecule has 3 heterocycles. The Balaban J connectivity index is 0.000000731. The summed E-state index contributed by atoms with van der Waals surface area (Å²) in [5, 5.41) is 54.6. The van der Waals surface area contributed by atoms with Crippen molar-refractivity contribution in [1.82, 2.24) is 50.8 Å². The van der Waals surface area contributed by atoms with Crippen molar-refractivity contribution in [3.63, 3.8) is 0 Å². The first-order chi connectivity index (χ1) is 45.4. The quantitative estimate of drug-likeness (QED) is 0.0169. The van der Waals surface area contributed by atoms with Crippen molar-refractivity contribution in [1.29, 1.82) is 15.8 Å². The third-order valence-electron chi connectivity index (χ3n) is 13.0. The number of likely N-dealkylation sites (N-methyl/N-ethyl adjacent to an activating group) is 2. The van der Waals surface area contributed by atoms with Crippen LogP contribution in [0.15, 0.2) is 91.4 Å². The number of amides is 3. The number of carbonyl (C=O) groups is 3. The van der Waals surface area contributed by atoms with Crippen LogP contribution in [0.1, 0.15) is 147 Å². The molecule has 25 nitrogen and oxygen atoms in total. The Kier molecular flexibility index (Phi) is 41.3. The van der Waals surface area contributed by atoms with Crippen LogP contribution < -0.4 is 53.6 Å². The highest BCUT2D eigenvalue weighted by Gasteiger charge is 2.27. The van der Waals surface area contributed by atoms with Crippen LogP contribution in [0.25, 0.3) is 0 Å². The highest BCUT2D eigenvalue weighted by atomic mass is 35.5. The molecule has 6 aromatic rings. The molecule has 0 radical (unpaired) electrons. The number of benzene rings is 3. The van der Waals surface area contributed by atoms with Crippen LogP contribution in [0, 0.1) is 69.5 Å². The number of aromatic nitrogens is 6. The normalized spacial score (nSPS) is 10.4. The molecule has 0 spiro atoms. The molecule has 3 aromatic carbocycles. The monoisotopic (exact) mass is 1360 g/mol. The molecule has 97 heavy (non-hydrogen) atoms. The van der Waals surface area contributed by atoms with Gasteiger partial charge in [0.15, 0.2) is 0 Å². The van der Waals surface area contributed by atoms with Gasteiger partial charge in [-0.05, 0) is 160 Å². The van der Waals surface area contributed by atoms with Crippen molar-refractivity contribution >= 4 is 95.1 Å². The second-order valence-corrected chi connectivity index (χ2v) is 22.0. The molecule has 0 aliphatic carbocycles. The number of rotatable bonds is 27. The van der Waals surface area contributed by atoms with Crippen molar-refractivity contribution in [3.05, 3.63) is 125 Å². The van der Waals surface area contributed by atoms with Gasteiger partial charge >= 0.3 is 6.09 Å². The summed E-state index contributed by atoms with van der Waals surface area (Å²) < 4.78 is 5.31. The van der Waals surface area contributed by atoms with Gasteiger partial charge in [-0.15, -0.1) is 24.8 Å². The van der Waals surface area contributed by atoms with E-state index in [-0.39, 0.29) is 48.1 Å². The summed E-state index contributed by atoms with van der Waals surface area (Å²) in [4.78, 5) is 64.2. The predicted octanol–water partition coefficient (Wildman–Crippen LogP) is 10.2. The molecule has 0 unspecified atom stereocenters. The lowest BCUT2D eigenvalue weighted by Gasteiger charge is -2.28. The number of nitriles is 3. The first-order valence-corrected chi connectivity index (χ1v) is 31.4. The molecule has 516 valence electrons. The third-order valence-corrected chi connectivity index (χ3v) is 13.0. The highest BCUT2D eigenvalue weighted by molar-refractivity contribution is 5.86. The topological polar surface area (TPSA) is 378 Å². The van der Waals surface area contributed by atoms with Crippen molar-refractivity contribution in [3.8, 4) is 53.7 Å². The number of nitrogens with zero attached hydrogens (tertiary/aromatic N) is 10. The molecule has 0 aliphatic rings. The van der Waals surface area contributed by atoms with Crippen LogP contribution in [-0.4, -0.2) is 129 Å². The van der Waals surface area contributed by atoms with E-state index in [1.807, 2.05) is 31.2 Å². The summed E-state index contributed by atoms with van der Waals surface area (Å²) in [7, 11) is 3.30. The Hall–Kier alpha value is -10.5. The second kappa shape index (κ2) is 47.4. The Morgan fingerprint density at radius 3 is 1.18 bits per heavy atom. The molecule has 0 fully saturated rings. The van der Waals surface area contributed by atoms with E-state index in [1.165, 1.54) is 4.90 Å². The lowest BCUT2D eigenvalue weighted by Crippen LogP contribution is -2.47. The van der Waals surface area contributed by atoms with Gasteiger partial charge in [-0.25, -0.2) is 19.7 Å². The molecule has 27 heteroatoms. The van der Waals surface area contributed by atoms with E-state index in [0.29, 0.717) is 96.4 Å². The van der Waals surface area contributed by atoms with Crippen LogP contribution in [0.2, 0.25) is 0 Å². The smallest absolute Gasteiger partial charge is 0.410 e. The van der Waals surface area contributed by atoms with Gasteiger partial charge in [-0.1, -0.05) is 56.3 Å². The Labute approximate surface area is 583 Å². The minimum Gasteiger partial charge on any atom is -0.444 e. The van der Waals surface area contributed by atoms with E-state index in [0.717, 1.165) is 86.3 Å². The van der Waals surface area contributed by atoms with E-state index in [2.05, 4.69) is 152 Å². The largest absolute Gasteiger partial charge is 0.444 e. The number of hydrogen-bond acceptors (Lipinski definition) is 21. The molecule has 0 aliphatic heterocycles. The summed E-state index contributed by atoms with van der Waals surface area (Å²) in [5.41, 5.74) is 11.2. The van der Waals surface area contributed by atoms with Gasteiger partial charge in [0.25, 0.3) is 0 Å². The van der Waals surface area contributed by atoms with E-state index < -0.39 is 17.7 Å². The molecule has 0 bridgehead atoms. The first kappa shape index (κ1) is 84.5. The summed E-state index contributed by atoms with van der Waals surface area (Å²) in [6, 6.07) is 26.7. The minimum absolute atomic E-state index is 0. The third kappa shape index (κ3) is 32.5. The summed E-state index contributed by atoms with van der Waals surface area (Å²) in [5.74, 6) is 21.8. The zero-order valence-electron chi connectivity index (χ0n) is 56.9. The predicted molar refractivity (Wildman–Crippen MR) is 389 cm³/mol. The van der Waals surface area contributed by atoms with Crippen molar-refractivity contribution in [2.24, 2.45) is 5.73 Å². The van der Waals surface area contributed by atoms with E-state index in [4.69, 9.17) is 26.3 Å². The van der Waals surface area contributed by atoms with Gasteiger partial charge < -0.3 is 63.8 Å². The second-order valence-electron chi connectivity index (χ2n) is 22.0. The summed E-state index contributed by atoms with van der Waals surface area (Å²) in [6.07, 6.45) is 11.7. The first-order valence-electron chi connectivity index (χ1n) is 31.4. The van der Waals surface area contributed by atoms with E-state index in [1.54, 1.807) is 109 Å². The van der Waals surface area contributed by atoms with Crippen LogP contribution in [0.5, 0.6) is 0 Å². The van der Waals surface area contributed by atoms with Crippen LogP contribution in [0.4, 0.5) is 57.2 Å². The maximum Gasteiger partial charge on any atom is 0.410 e. The molecular weight excluding hydrogens is 1270 g/mol. The van der Waals surface area contributed by atoms with Gasteiger partial charge in [-0.2, -0.15) is 30.7 Å². The van der Waals surface area contributed by atoms with Crippen molar-refractivity contribution in [2.75, 3.05) is 85.3 Å². The molecule has 0 saturated heterocycles. The molecule has 13 N–H and O–H groups in total. The van der Waals surface area contributed by atoms with Crippen LogP contribution >= 0.6 is 24.8 Å². The SMILES string of the molecule is CCCNc1nc(Nc2ccc(C#N)cc2)ncc1C#CCCCN.CCCNc1nc(Nc2ccc(C#N)cc2)ncc1C#CCCCNC(=O)[C@@H](C)N(C)C(=O)OC(C)(C)C.CCCNc1nc(Nc2ccc(C#N)cc2)ncc1C#CCCCNC(=O)[C@@H](C)NC.Cl.Cl.O. The number of halogens is 2. The van der Waals surface area contributed by atoms with Crippen molar-refractivity contribution in [2.45, 2.75) is 131 Å². The highest BCUT2D eigenvalue weighted by Crippen LogP contribution is 2.22. The standard InChI is InChI=1S/C28H37N7O3.C23H29N7O.C19H22N6.2ClH.H2O/c1-7-16-30-24-22(19-32-26(34-24)33-23-14-12-21(18-29)13-15-23)11-9-8-10-17-31-25(36)20(2)35(6)27(37)38-28(3,4)5;1-4-13-26-21-19(8-6-5-7-14-27-22(31)17(2)25-3)16-28-23(30-21)29-20-11-9-18(15-24)10-12-20;1-2-12-22-18-16(6-4-3-5-11-20)14-23-19(25-18)24-17-9-7-15(13-21)8-10-17;;;/h12-15,19-20H,7-8,10,16-17H2,1-6H3,(H,31,36)(H2,30,32,33,34);9-12,16-17,25H,4-5,7,13-14H2,1-3H3,(H,27,31)(H2,26,28,29,30);7-10,14H,2-3,5,11-12,20H2,1H3,(H2,22,23,24,25);2*1H;1H2/t20-;17-;;;;/m11..../s1. The average molecular weight is 1360 g/mol. The maximum atomic E-state index is 12.4. The molecule has 2 atom stereocenters. The van der Waals surface area contributed by atoms with Gasteiger partial charge in [-0.3, -0.25) is 14.5 Å². The van der Waals surface area contributed by atoms with Gasteiger partial charge in [0, 0.05) is 76.1 Å². The zero-order chi connectivity index (χ0) is 68.5. The molecule has 3 amide bonds. The fraction of sp³-hybridized carbons (Fsp3) is 0.400. The van der Waals surface area contributed by atoms with Gasteiger partial charge in [0.1, 0.15) is 29.1 Å². The van der Waals surface area contributed by atoms with E-state index >= 15 is 0 Å². The summed E-state index contributed by atoms with van der Waals surface area (Å²) in [6.45, 7) is 19.0. The number of unbranched alkanes of at least 4 members (excludes halogenated alkanes) is 3. The minimum atomic E-state index is -0.656. The summed E-state index contributed by atoms with van der Waals surface area (Å²) >= 11 is 0. The molecule has 3 aromatic heterocycles. The number of hydrogen-bond donors (Lipinski definition) is 10. The van der Waals surface area contributed by atoms with Gasteiger partial charge in [0.2, 0.25) is 29.7 Å². The average Bonchev–Trinajstić information content (AvgIpc) is 0.914. The Morgan fingerprint density at radius 2 is 0.876 bits per heavy atom.